The summed E-state index contributed by atoms with van der Waals surface area (Å²) in [5.41, 5.74) is 1.52. The van der Waals surface area contributed by atoms with Gasteiger partial charge in [-0.25, -0.2) is 4.79 Å². The molecule has 0 aliphatic carbocycles. The molecule has 140 valence electrons. The van der Waals surface area contributed by atoms with E-state index in [1.807, 2.05) is 33.8 Å². The van der Waals surface area contributed by atoms with E-state index in [4.69, 9.17) is 9.26 Å². The Labute approximate surface area is 153 Å². The van der Waals surface area contributed by atoms with Crippen molar-refractivity contribution in [1.29, 1.82) is 0 Å². The monoisotopic (exact) mass is 359 g/mol. The van der Waals surface area contributed by atoms with Crippen molar-refractivity contribution in [2.24, 2.45) is 0 Å². The average Bonchev–Trinajstić information content (AvgIpc) is 3.05. The summed E-state index contributed by atoms with van der Waals surface area (Å²) >= 11 is 0. The first-order valence-corrected chi connectivity index (χ1v) is 8.52. The SMILES string of the molecule is COC(=O)c1cc(C)ccc1NC(=O)CCCc1nc(C(C)(C)C)no1. The number of aromatic nitrogens is 2. The van der Waals surface area contributed by atoms with Gasteiger partial charge in [0, 0.05) is 18.3 Å². The number of carbonyl (C=O) groups excluding carboxylic acids is 2. The lowest BCUT2D eigenvalue weighted by Crippen LogP contribution is -2.15. The molecular weight excluding hydrogens is 334 g/mol. The molecule has 0 fully saturated rings. The second-order valence-corrected chi connectivity index (χ2v) is 7.20. The number of nitrogens with one attached hydrogen (secondary N) is 1. The van der Waals surface area contributed by atoms with Gasteiger partial charge in [0.05, 0.1) is 18.4 Å². The van der Waals surface area contributed by atoms with E-state index >= 15 is 0 Å². The van der Waals surface area contributed by atoms with Gasteiger partial charge >= 0.3 is 5.97 Å². The van der Waals surface area contributed by atoms with Crippen molar-refractivity contribution in [3.05, 3.63) is 41.0 Å². The first-order valence-electron chi connectivity index (χ1n) is 8.52. The fourth-order valence-corrected chi connectivity index (χ4v) is 2.32. The van der Waals surface area contributed by atoms with Crippen LogP contribution in [0.5, 0.6) is 0 Å². The molecule has 0 radical (unpaired) electrons. The number of hydrogen-bond acceptors (Lipinski definition) is 6. The molecule has 0 unspecified atom stereocenters. The number of benzene rings is 1. The van der Waals surface area contributed by atoms with E-state index in [1.54, 1.807) is 12.1 Å². The summed E-state index contributed by atoms with van der Waals surface area (Å²) in [6.07, 6.45) is 1.37. The lowest BCUT2D eigenvalue weighted by molar-refractivity contribution is -0.116. The highest BCUT2D eigenvalue weighted by Crippen LogP contribution is 2.20. The Balaban J connectivity index is 1.91. The number of methoxy groups -OCH3 is 1. The number of hydrogen-bond donors (Lipinski definition) is 1. The molecule has 1 aromatic heterocycles. The maximum absolute atomic E-state index is 12.2. The zero-order valence-electron chi connectivity index (χ0n) is 15.9. The van der Waals surface area contributed by atoms with E-state index in [2.05, 4.69) is 15.5 Å². The van der Waals surface area contributed by atoms with Gasteiger partial charge in [0.1, 0.15) is 0 Å². The quantitative estimate of drug-likeness (QED) is 0.794. The first kappa shape index (κ1) is 19.6. The summed E-state index contributed by atoms with van der Waals surface area (Å²) in [5.74, 6) is 0.506. The predicted octanol–water partition coefficient (Wildman–Crippen LogP) is 3.42. The van der Waals surface area contributed by atoms with Crippen molar-refractivity contribution >= 4 is 17.6 Å². The lowest BCUT2D eigenvalue weighted by Gasteiger charge is -2.11. The van der Waals surface area contributed by atoms with Crippen LogP contribution < -0.4 is 5.32 Å². The largest absolute Gasteiger partial charge is 0.465 e. The molecule has 1 heterocycles. The van der Waals surface area contributed by atoms with Gasteiger partial charge in [0.25, 0.3) is 0 Å². The van der Waals surface area contributed by atoms with Crippen LogP contribution in [0.4, 0.5) is 5.69 Å². The van der Waals surface area contributed by atoms with Crippen LogP contribution in [0.1, 0.15) is 61.2 Å². The van der Waals surface area contributed by atoms with Gasteiger partial charge < -0.3 is 14.6 Å². The Morgan fingerprint density at radius 2 is 2.00 bits per heavy atom. The zero-order valence-corrected chi connectivity index (χ0v) is 15.9. The smallest absolute Gasteiger partial charge is 0.339 e. The number of nitrogens with zero attached hydrogens (tertiary/aromatic N) is 2. The van der Waals surface area contributed by atoms with Gasteiger partial charge in [-0.2, -0.15) is 4.98 Å². The minimum atomic E-state index is -0.482. The Morgan fingerprint density at radius 1 is 1.27 bits per heavy atom. The summed E-state index contributed by atoms with van der Waals surface area (Å²) in [6.45, 7) is 7.90. The molecule has 7 nitrogen and oxygen atoms in total. The molecule has 0 saturated carbocycles. The van der Waals surface area contributed by atoms with E-state index < -0.39 is 5.97 Å². The fraction of sp³-hybridized carbons (Fsp3) is 0.474. The zero-order chi connectivity index (χ0) is 19.3. The Bertz CT molecular complexity index is 790. The lowest BCUT2D eigenvalue weighted by atomic mass is 9.96. The van der Waals surface area contributed by atoms with Crippen molar-refractivity contribution in [3.8, 4) is 0 Å². The van der Waals surface area contributed by atoms with E-state index in [-0.39, 0.29) is 17.7 Å². The van der Waals surface area contributed by atoms with Crippen molar-refractivity contribution in [1.82, 2.24) is 10.1 Å². The highest BCUT2D eigenvalue weighted by Gasteiger charge is 2.21. The topological polar surface area (TPSA) is 94.3 Å². The molecule has 0 spiro atoms. The van der Waals surface area contributed by atoms with Crippen LogP contribution in [-0.4, -0.2) is 29.1 Å². The third kappa shape index (κ3) is 5.15. The van der Waals surface area contributed by atoms with Crippen molar-refractivity contribution < 1.29 is 18.8 Å². The summed E-state index contributed by atoms with van der Waals surface area (Å²) in [5, 5.41) is 6.73. The minimum Gasteiger partial charge on any atom is -0.465 e. The summed E-state index contributed by atoms with van der Waals surface area (Å²) in [6, 6.07) is 5.22. The Kier molecular flexibility index (Phi) is 6.13. The summed E-state index contributed by atoms with van der Waals surface area (Å²) < 4.78 is 9.98. The number of rotatable bonds is 6. The molecule has 1 aromatic carbocycles. The van der Waals surface area contributed by atoms with E-state index in [0.29, 0.717) is 35.8 Å². The number of ether oxygens (including phenoxy) is 1. The van der Waals surface area contributed by atoms with Crippen molar-refractivity contribution in [3.63, 3.8) is 0 Å². The normalized spacial score (nSPS) is 11.3. The van der Waals surface area contributed by atoms with E-state index in [0.717, 1.165) is 5.56 Å². The number of amides is 1. The van der Waals surface area contributed by atoms with E-state index in [1.165, 1.54) is 7.11 Å². The molecule has 0 bridgehead atoms. The maximum atomic E-state index is 12.2. The van der Waals surface area contributed by atoms with Crippen LogP contribution in [-0.2, 0) is 21.4 Å². The van der Waals surface area contributed by atoms with Crippen LogP contribution in [0.2, 0.25) is 0 Å². The molecule has 2 aromatic rings. The second-order valence-electron chi connectivity index (χ2n) is 7.20. The molecule has 0 aliphatic rings. The third-order valence-electron chi connectivity index (χ3n) is 3.79. The highest BCUT2D eigenvalue weighted by atomic mass is 16.5. The number of esters is 1. The van der Waals surface area contributed by atoms with Crippen LogP contribution in [0.3, 0.4) is 0 Å². The second kappa shape index (κ2) is 8.12. The fourth-order valence-electron chi connectivity index (χ4n) is 2.32. The highest BCUT2D eigenvalue weighted by molar-refractivity contribution is 6.01. The minimum absolute atomic E-state index is 0.172. The van der Waals surface area contributed by atoms with Crippen LogP contribution in [0.15, 0.2) is 22.7 Å². The molecule has 26 heavy (non-hydrogen) atoms. The molecule has 0 aliphatic heterocycles. The molecule has 2 rings (SSSR count). The molecule has 7 heteroatoms. The standard InChI is InChI=1S/C19H25N3O4/c1-12-9-10-14(13(11-12)17(24)25-5)20-15(23)7-6-8-16-21-18(22-26-16)19(2,3)4/h9-11H,6-8H2,1-5H3,(H,20,23). The molecule has 1 amide bonds. The number of aryl methyl sites for hydroxylation is 2. The van der Waals surface area contributed by atoms with E-state index in [9.17, 15) is 9.59 Å². The Morgan fingerprint density at radius 3 is 2.62 bits per heavy atom. The first-order chi connectivity index (χ1) is 12.2. The maximum Gasteiger partial charge on any atom is 0.339 e. The summed E-state index contributed by atoms with van der Waals surface area (Å²) in [7, 11) is 1.31. The van der Waals surface area contributed by atoms with Gasteiger partial charge in [0.2, 0.25) is 11.8 Å². The number of anilines is 1. The van der Waals surface area contributed by atoms with Gasteiger partial charge in [-0.05, 0) is 25.5 Å². The third-order valence-corrected chi connectivity index (χ3v) is 3.79. The Hall–Kier alpha value is -2.70. The van der Waals surface area contributed by atoms with Crippen LogP contribution in [0, 0.1) is 6.92 Å². The van der Waals surface area contributed by atoms with Gasteiger partial charge in [-0.1, -0.05) is 37.6 Å². The molecule has 1 N–H and O–H groups in total. The molecule has 0 saturated heterocycles. The average molecular weight is 359 g/mol. The van der Waals surface area contributed by atoms with Gasteiger partial charge in [0.15, 0.2) is 5.82 Å². The van der Waals surface area contributed by atoms with Gasteiger partial charge in [-0.3, -0.25) is 4.79 Å². The van der Waals surface area contributed by atoms with Crippen molar-refractivity contribution in [2.75, 3.05) is 12.4 Å². The molecular formula is C19H25N3O4. The van der Waals surface area contributed by atoms with Crippen LogP contribution >= 0.6 is 0 Å². The molecule has 0 atom stereocenters. The van der Waals surface area contributed by atoms with Crippen LogP contribution in [0.25, 0.3) is 0 Å². The number of carbonyl (C=O) groups is 2. The van der Waals surface area contributed by atoms with Crippen molar-refractivity contribution in [2.45, 2.75) is 52.4 Å². The van der Waals surface area contributed by atoms with Gasteiger partial charge in [-0.15, -0.1) is 0 Å². The summed E-state index contributed by atoms with van der Waals surface area (Å²) in [4.78, 5) is 28.4. The predicted molar refractivity (Wildman–Crippen MR) is 97.1 cm³/mol.